The number of carbonyl (C=O) groups is 3. The molecule has 0 radical (unpaired) electrons. The second-order valence-corrected chi connectivity index (χ2v) is 15.5. The number of aryl methyl sites for hydroxylation is 2. The number of likely N-dealkylation sites (tertiary alicyclic amines) is 1. The van der Waals surface area contributed by atoms with E-state index in [4.69, 9.17) is 4.74 Å². The molecule has 0 bridgehead atoms. The van der Waals surface area contributed by atoms with E-state index in [1.165, 1.54) is 35.1 Å². The van der Waals surface area contributed by atoms with Crippen molar-refractivity contribution >= 4 is 17.7 Å². The summed E-state index contributed by atoms with van der Waals surface area (Å²) in [5, 5.41) is 12.9. The third-order valence-corrected chi connectivity index (χ3v) is 12.0. The summed E-state index contributed by atoms with van der Waals surface area (Å²) in [6, 6.07) is 30.1. The predicted octanol–water partition coefficient (Wildman–Crippen LogP) is 7.76. The minimum absolute atomic E-state index is 0.223. The highest BCUT2D eigenvalue weighted by atomic mass is 16.5. The Morgan fingerprint density at radius 1 is 0.815 bits per heavy atom. The number of unbranched alkanes of at least 4 members (excludes halogenated alkanes) is 1. The molecule has 3 amide bonds. The van der Waals surface area contributed by atoms with E-state index >= 15 is 0 Å². The molecule has 0 aromatic heterocycles. The van der Waals surface area contributed by atoms with Crippen molar-refractivity contribution in [2.45, 2.75) is 75.7 Å². The lowest BCUT2D eigenvalue weighted by molar-refractivity contribution is -0.125. The number of piperidine rings is 1. The van der Waals surface area contributed by atoms with Gasteiger partial charge in [-0.1, -0.05) is 67.6 Å². The lowest BCUT2D eigenvalue weighted by Crippen LogP contribution is -2.51. The van der Waals surface area contributed by atoms with Crippen molar-refractivity contribution in [1.29, 1.82) is 0 Å². The largest absolute Gasteiger partial charge is 0.508 e. The molecule has 0 saturated carbocycles. The van der Waals surface area contributed by atoms with Crippen molar-refractivity contribution in [2.24, 2.45) is 5.92 Å². The van der Waals surface area contributed by atoms with Gasteiger partial charge in [0.15, 0.2) is 0 Å². The first-order valence-electron chi connectivity index (χ1n) is 19.6. The van der Waals surface area contributed by atoms with Crippen LogP contribution in [0.3, 0.4) is 0 Å². The summed E-state index contributed by atoms with van der Waals surface area (Å²) in [5.74, 6) is 1.40. The predicted molar refractivity (Wildman–Crippen MR) is 209 cm³/mol. The van der Waals surface area contributed by atoms with Crippen LogP contribution in [-0.4, -0.2) is 64.9 Å². The molecular formula is C46H49N3O5. The number of nitrogens with one attached hydrogen (secondary N) is 1. The normalized spacial score (nSPS) is 22.6. The second-order valence-electron chi connectivity index (χ2n) is 15.5. The third kappa shape index (κ3) is 7.45. The minimum atomic E-state index is -0.785. The molecular weight excluding hydrogens is 675 g/mol. The highest BCUT2D eigenvalue weighted by molar-refractivity contribution is 6.23. The Bertz CT molecular complexity index is 2040. The van der Waals surface area contributed by atoms with E-state index in [1.54, 1.807) is 6.07 Å². The fourth-order valence-electron chi connectivity index (χ4n) is 9.21. The zero-order valence-electron chi connectivity index (χ0n) is 30.8. The molecule has 54 heavy (non-hydrogen) atoms. The van der Waals surface area contributed by atoms with E-state index in [0.717, 1.165) is 68.0 Å². The first kappa shape index (κ1) is 35.8. The molecule has 8 nitrogen and oxygen atoms in total. The van der Waals surface area contributed by atoms with Gasteiger partial charge < -0.3 is 15.2 Å². The number of rotatable bonds is 12. The van der Waals surface area contributed by atoms with Gasteiger partial charge >= 0.3 is 0 Å². The summed E-state index contributed by atoms with van der Waals surface area (Å²) in [7, 11) is 0. The molecule has 0 spiro atoms. The van der Waals surface area contributed by atoms with Crippen LogP contribution < -0.4 is 10.1 Å². The van der Waals surface area contributed by atoms with Crippen molar-refractivity contribution in [2.75, 3.05) is 26.2 Å². The Hall–Kier alpha value is -5.21. The minimum Gasteiger partial charge on any atom is -0.508 e. The van der Waals surface area contributed by atoms with Gasteiger partial charge in [-0.2, -0.15) is 0 Å². The Labute approximate surface area is 317 Å². The van der Waals surface area contributed by atoms with Crippen molar-refractivity contribution < 1.29 is 24.2 Å². The van der Waals surface area contributed by atoms with Crippen molar-refractivity contribution in [3.05, 3.63) is 142 Å². The van der Waals surface area contributed by atoms with E-state index < -0.39 is 6.04 Å². The molecule has 4 aliphatic rings. The first-order chi connectivity index (χ1) is 26.3. The van der Waals surface area contributed by atoms with Gasteiger partial charge in [0.25, 0.3) is 11.8 Å². The highest BCUT2D eigenvalue weighted by Crippen LogP contribution is 2.47. The van der Waals surface area contributed by atoms with Crippen LogP contribution in [0.25, 0.3) is 0 Å². The number of imide groups is 1. The molecule has 4 aromatic rings. The van der Waals surface area contributed by atoms with Crippen LogP contribution in [0.1, 0.15) is 105 Å². The van der Waals surface area contributed by atoms with E-state index in [0.29, 0.717) is 53.9 Å². The molecule has 4 atom stereocenters. The summed E-state index contributed by atoms with van der Waals surface area (Å²) >= 11 is 0. The number of allylic oxidation sites excluding steroid dienone is 1. The summed E-state index contributed by atoms with van der Waals surface area (Å²) in [6.45, 7) is 7.54. The number of amides is 3. The van der Waals surface area contributed by atoms with E-state index in [1.807, 2.05) is 24.3 Å². The number of nitrogens with zero attached hydrogens (tertiary/aromatic N) is 2. The number of carbonyl (C=O) groups excluding carboxylic acids is 3. The van der Waals surface area contributed by atoms with Crippen LogP contribution in [-0.2, 0) is 17.6 Å². The lowest BCUT2D eigenvalue weighted by Gasteiger charge is -2.35. The first-order valence-corrected chi connectivity index (χ1v) is 19.6. The van der Waals surface area contributed by atoms with E-state index in [9.17, 15) is 19.5 Å². The monoisotopic (exact) mass is 723 g/mol. The molecule has 2 saturated heterocycles. The number of ether oxygens (including phenoxy) is 1. The van der Waals surface area contributed by atoms with Crippen LogP contribution in [0, 0.1) is 5.92 Å². The molecule has 278 valence electrons. The van der Waals surface area contributed by atoms with Gasteiger partial charge in [-0.05, 0) is 134 Å². The summed E-state index contributed by atoms with van der Waals surface area (Å²) in [4.78, 5) is 42.5. The van der Waals surface area contributed by atoms with Crippen molar-refractivity contribution in [3.8, 4) is 11.5 Å². The Morgan fingerprint density at radius 2 is 1.63 bits per heavy atom. The lowest BCUT2D eigenvalue weighted by atomic mass is 9.69. The van der Waals surface area contributed by atoms with Crippen LogP contribution in [0.2, 0.25) is 0 Å². The van der Waals surface area contributed by atoms with Crippen LogP contribution in [0.15, 0.2) is 103 Å². The van der Waals surface area contributed by atoms with Crippen molar-refractivity contribution in [1.82, 2.24) is 15.1 Å². The van der Waals surface area contributed by atoms with Crippen LogP contribution >= 0.6 is 0 Å². The smallest absolute Gasteiger partial charge is 0.262 e. The number of benzene rings is 4. The zero-order valence-corrected chi connectivity index (χ0v) is 30.8. The Balaban J connectivity index is 0.785. The molecule has 8 heteroatoms. The molecule has 2 N–H and O–H groups in total. The maximum absolute atomic E-state index is 13.2. The summed E-state index contributed by atoms with van der Waals surface area (Å²) in [5.41, 5.74) is 7.63. The number of phenols is 1. The van der Waals surface area contributed by atoms with Gasteiger partial charge in [-0.15, -0.1) is 0 Å². The van der Waals surface area contributed by atoms with Gasteiger partial charge in [-0.3, -0.25) is 24.2 Å². The van der Waals surface area contributed by atoms with Crippen molar-refractivity contribution in [3.63, 3.8) is 0 Å². The fourth-order valence-corrected chi connectivity index (χ4v) is 9.21. The highest BCUT2D eigenvalue weighted by Gasteiger charge is 2.44. The molecule has 1 aliphatic carbocycles. The molecule has 3 aliphatic heterocycles. The quantitative estimate of drug-likeness (QED) is 0.115. The number of hydrogen-bond donors (Lipinski definition) is 2. The van der Waals surface area contributed by atoms with Gasteiger partial charge in [0.05, 0.1) is 11.1 Å². The fraction of sp³-hybridized carbons (Fsp3) is 0.370. The average Bonchev–Trinajstić information content (AvgIpc) is 3.74. The molecule has 3 heterocycles. The molecule has 2 fully saturated rings. The summed E-state index contributed by atoms with van der Waals surface area (Å²) < 4.78 is 6.24. The zero-order chi connectivity index (χ0) is 37.2. The number of aromatic hydroxyl groups is 1. The number of fused-ring (bicyclic) bond motifs is 2. The van der Waals surface area contributed by atoms with Crippen LogP contribution in [0.4, 0.5) is 0 Å². The molecule has 2 unspecified atom stereocenters. The number of hydrogen-bond acceptors (Lipinski definition) is 6. The Kier molecular flexibility index (Phi) is 10.4. The summed E-state index contributed by atoms with van der Waals surface area (Å²) in [6.07, 6.45) is 8.32. The molecule has 8 rings (SSSR count). The van der Waals surface area contributed by atoms with E-state index in [-0.39, 0.29) is 23.6 Å². The van der Waals surface area contributed by atoms with Gasteiger partial charge in [0.1, 0.15) is 24.1 Å². The van der Waals surface area contributed by atoms with Gasteiger partial charge in [0.2, 0.25) is 5.91 Å². The van der Waals surface area contributed by atoms with E-state index in [2.05, 4.69) is 77.5 Å². The average molecular weight is 724 g/mol. The maximum Gasteiger partial charge on any atom is 0.262 e. The standard InChI is InChI=1S/C46H49N3O5/c1-30-11-22-42(44(51)47-30)49-45(52)40-19-12-31(27-41(40)46(49)53)7-5-6-8-32-23-24-48(29-32)25-26-54-37-17-13-34(14-18-37)43-38(33-9-3-2-4-10-33)20-15-35-28-36(50)16-21-39(35)43/h2-4,9-10,12-14,16-19,21,27-28,32,38,42-43,50H,1,5-8,11,15,20,22-26,29H2,(H,47,51)/t32?,38-,42?,43+/m1/s1. The maximum atomic E-state index is 13.2. The van der Waals surface area contributed by atoms with Gasteiger partial charge in [0, 0.05) is 24.7 Å². The van der Waals surface area contributed by atoms with Gasteiger partial charge in [-0.25, -0.2) is 0 Å². The number of phenolic OH excluding ortho intramolecular Hbond substituents is 1. The Morgan fingerprint density at radius 3 is 2.44 bits per heavy atom. The topological polar surface area (TPSA) is 99.2 Å². The third-order valence-electron chi connectivity index (χ3n) is 12.0. The van der Waals surface area contributed by atoms with Crippen LogP contribution in [0.5, 0.6) is 11.5 Å². The SMILES string of the molecule is C=C1CCC(N2C(=O)c3ccc(CCCCC4CCN(CCOc5ccc([C@@H]6c7ccc(O)cc7CC[C@@H]6c6ccccc6)cc5)C4)cc3C2=O)C(=O)N1. The second kappa shape index (κ2) is 15.6. The molecule has 4 aromatic carbocycles.